The first kappa shape index (κ1) is 65.2. The molecule has 68 heavy (non-hydrogen) atoms. The highest BCUT2D eigenvalue weighted by atomic mass is 31.2. The van der Waals surface area contributed by atoms with Gasteiger partial charge in [-0.1, -0.05) is 226 Å². The Kier molecular flexibility index (Phi) is 47.1. The zero-order valence-electron chi connectivity index (χ0n) is 44.3. The second-order valence-electron chi connectivity index (χ2n) is 19.2. The Morgan fingerprint density at radius 2 is 0.882 bits per heavy atom. The van der Waals surface area contributed by atoms with E-state index in [-0.39, 0.29) is 19.1 Å². The van der Waals surface area contributed by atoms with E-state index in [0.29, 0.717) is 23.9 Å². The van der Waals surface area contributed by atoms with Crippen LogP contribution >= 0.6 is 7.82 Å². The lowest BCUT2D eigenvalue weighted by molar-refractivity contribution is -0.870. The molecule has 0 spiro atoms. The Bertz CT molecular complexity index is 1470. The molecule has 0 heterocycles. The van der Waals surface area contributed by atoms with E-state index in [9.17, 15) is 19.4 Å². The number of phosphoric ester groups is 1. The van der Waals surface area contributed by atoms with Crippen molar-refractivity contribution in [3.05, 3.63) is 109 Å². The lowest BCUT2D eigenvalue weighted by Crippen LogP contribution is -2.46. The number of aliphatic hydroxyl groups is 1. The number of carbonyl (C=O) groups is 1. The fraction of sp³-hybridized carbons (Fsp3) is 0.678. The van der Waals surface area contributed by atoms with Gasteiger partial charge in [-0.05, 0) is 83.5 Å². The van der Waals surface area contributed by atoms with E-state index < -0.39 is 20.0 Å². The van der Waals surface area contributed by atoms with Crippen molar-refractivity contribution >= 4 is 13.7 Å². The first-order chi connectivity index (χ1) is 33.0. The standard InChI is InChI=1S/C59H103N2O6P/c1-6-8-10-12-14-16-18-20-22-23-24-25-26-27-28-29-30-31-32-33-34-35-36-37-39-41-43-45-47-49-51-53-59(63)60-57(56-67-68(64,65)66-55-54-61(3,4)5)58(62)52-50-48-46-44-42-40-38-21-19-17-15-13-11-9-7-2/h8,10,14,16,20,22,24-25,27-28,30-31,33-34,36-37,41,43,57-58,62H,6-7,9,11-13,15,17-19,21,23,26,29,32,35,38-40,42,44-56H2,1-5H3,(H-,60,63,64,65)/p+1/b10-8-,16-14-,22-20-,25-24-,28-27-,31-30-,34-33-,37-36-,43-41-. The van der Waals surface area contributed by atoms with E-state index in [0.717, 1.165) is 103 Å². The number of aliphatic hydroxyl groups excluding tert-OH is 1. The van der Waals surface area contributed by atoms with E-state index in [4.69, 9.17) is 9.05 Å². The molecule has 0 bridgehead atoms. The summed E-state index contributed by atoms with van der Waals surface area (Å²) in [6.07, 6.45) is 71.3. The maximum atomic E-state index is 13.0. The van der Waals surface area contributed by atoms with Gasteiger partial charge in [0.2, 0.25) is 5.91 Å². The summed E-state index contributed by atoms with van der Waals surface area (Å²) in [5.41, 5.74) is 0. The number of allylic oxidation sites excluding steroid dienone is 18. The summed E-state index contributed by atoms with van der Waals surface area (Å²) in [5.74, 6) is -0.181. The van der Waals surface area contributed by atoms with Crippen molar-refractivity contribution in [3.63, 3.8) is 0 Å². The highest BCUT2D eigenvalue weighted by Gasteiger charge is 2.28. The third-order valence-corrected chi connectivity index (χ3v) is 12.5. The minimum atomic E-state index is -4.34. The van der Waals surface area contributed by atoms with E-state index in [2.05, 4.69) is 129 Å². The summed E-state index contributed by atoms with van der Waals surface area (Å²) < 4.78 is 23.7. The molecule has 0 aromatic heterocycles. The smallest absolute Gasteiger partial charge is 0.391 e. The molecule has 3 atom stereocenters. The second kappa shape index (κ2) is 49.2. The molecule has 0 aromatic rings. The van der Waals surface area contributed by atoms with Gasteiger partial charge in [-0.25, -0.2) is 4.57 Å². The first-order valence-electron chi connectivity index (χ1n) is 27.3. The molecule has 0 radical (unpaired) electrons. The molecule has 0 aliphatic rings. The maximum Gasteiger partial charge on any atom is 0.472 e. The van der Waals surface area contributed by atoms with E-state index in [1.54, 1.807) is 0 Å². The van der Waals surface area contributed by atoms with Crippen molar-refractivity contribution in [2.24, 2.45) is 0 Å². The number of rotatable bonds is 48. The summed E-state index contributed by atoms with van der Waals surface area (Å²) >= 11 is 0. The SMILES string of the molecule is CC/C=C\C/C=C\C/C=C\C/C=C\C/C=C\C/C=C\C/C=C\C/C=C\C/C=C\CCCCCC(=O)NC(COP(=O)(O)OCC[N+](C)(C)C)C(O)CCCCCCCCCCCCCCCCC. The van der Waals surface area contributed by atoms with Crippen molar-refractivity contribution in [3.8, 4) is 0 Å². The topological polar surface area (TPSA) is 105 Å². The zero-order valence-corrected chi connectivity index (χ0v) is 45.2. The lowest BCUT2D eigenvalue weighted by atomic mass is 10.0. The van der Waals surface area contributed by atoms with Crippen molar-refractivity contribution in [2.45, 2.75) is 219 Å². The summed E-state index contributed by atoms with van der Waals surface area (Å²) in [6, 6.07) is -0.786. The summed E-state index contributed by atoms with van der Waals surface area (Å²) in [6.45, 7) is 4.73. The number of hydrogen-bond donors (Lipinski definition) is 3. The van der Waals surface area contributed by atoms with Gasteiger partial charge in [0.25, 0.3) is 0 Å². The monoisotopic (exact) mass is 968 g/mol. The molecule has 1 amide bonds. The highest BCUT2D eigenvalue weighted by molar-refractivity contribution is 7.47. The van der Waals surface area contributed by atoms with Crippen LogP contribution in [0.4, 0.5) is 0 Å². The quantitative estimate of drug-likeness (QED) is 0.0243. The lowest BCUT2D eigenvalue weighted by Gasteiger charge is -2.26. The molecule has 3 N–H and O–H groups in total. The van der Waals surface area contributed by atoms with Crippen molar-refractivity contribution in [2.75, 3.05) is 40.9 Å². The minimum Gasteiger partial charge on any atom is -0.391 e. The Morgan fingerprint density at radius 3 is 1.28 bits per heavy atom. The molecular formula is C59H104N2O6P+. The summed E-state index contributed by atoms with van der Waals surface area (Å²) in [5, 5.41) is 14.0. The van der Waals surface area contributed by atoms with Crippen LogP contribution in [0.5, 0.6) is 0 Å². The average Bonchev–Trinajstić information content (AvgIpc) is 3.30. The van der Waals surface area contributed by atoms with Crippen molar-refractivity contribution in [1.82, 2.24) is 5.32 Å². The number of likely N-dealkylation sites (N-methyl/N-ethyl adjacent to an activating group) is 1. The second-order valence-corrected chi connectivity index (χ2v) is 20.7. The molecule has 8 nitrogen and oxygen atoms in total. The van der Waals surface area contributed by atoms with Crippen LogP contribution in [0.1, 0.15) is 206 Å². The van der Waals surface area contributed by atoms with Gasteiger partial charge in [-0.2, -0.15) is 0 Å². The van der Waals surface area contributed by atoms with Gasteiger partial charge in [0.05, 0.1) is 39.9 Å². The number of hydrogen-bond acceptors (Lipinski definition) is 5. The number of nitrogens with one attached hydrogen (secondary N) is 1. The van der Waals surface area contributed by atoms with Gasteiger partial charge >= 0.3 is 7.82 Å². The number of carbonyl (C=O) groups excluding carboxylic acids is 1. The zero-order chi connectivity index (χ0) is 49.9. The van der Waals surface area contributed by atoms with Gasteiger partial charge in [0, 0.05) is 6.42 Å². The van der Waals surface area contributed by atoms with Crippen LogP contribution in [0.15, 0.2) is 109 Å². The van der Waals surface area contributed by atoms with Crippen LogP contribution in [-0.4, -0.2) is 73.4 Å². The van der Waals surface area contributed by atoms with E-state index >= 15 is 0 Å². The molecule has 0 aliphatic carbocycles. The summed E-state index contributed by atoms with van der Waals surface area (Å²) in [7, 11) is 1.58. The number of phosphoric acid groups is 1. The normalized spacial score (nSPS) is 14.9. The van der Waals surface area contributed by atoms with E-state index in [1.165, 1.54) is 77.0 Å². The van der Waals surface area contributed by atoms with Crippen LogP contribution in [0.2, 0.25) is 0 Å². The third-order valence-electron chi connectivity index (χ3n) is 11.5. The number of nitrogens with zero attached hydrogens (tertiary/aromatic N) is 1. The molecule has 9 heteroatoms. The van der Waals surface area contributed by atoms with Gasteiger partial charge in [0.15, 0.2) is 0 Å². The fourth-order valence-electron chi connectivity index (χ4n) is 7.27. The largest absolute Gasteiger partial charge is 0.472 e. The van der Waals surface area contributed by atoms with E-state index in [1.807, 2.05) is 21.1 Å². The van der Waals surface area contributed by atoms with Crippen LogP contribution < -0.4 is 5.32 Å². The minimum absolute atomic E-state index is 0.0618. The average molecular weight is 968 g/mol. The molecule has 0 saturated carbocycles. The fourth-order valence-corrected chi connectivity index (χ4v) is 8.01. The van der Waals surface area contributed by atoms with Gasteiger partial charge in [-0.3, -0.25) is 13.8 Å². The van der Waals surface area contributed by atoms with Gasteiger partial charge < -0.3 is 19.8 Å². The van der Waals surface area contributed by atoms with Crippen LogP contribution in [0, 0.1) is 0 Å². The molecule has 0 saturated heterocycles. The number of quaternary nitrogens is 1. The predicted octanol–water partition coefficient (Wildman–Crippen LogP) is 16.4. The molecule has 390 valence electrons. The highest BCUT2D eigenvalue weighted by Crippen LogP contribution is 2.43. The third kappa shape index (κ3) is 51.0. The van der Waals surface area contributed by atoms with Gasteiger partial charge in [0.1, 0.15) is 13.2 Å². The molecule has 0 fully saturated rings. The van der Waals surface area contributed by atoms with Crippen LogP contribution in [0.3, 0.4) is 0 Å². The Labute approximate surface area is 419 Å². The molecular weight excluding hydrogens is 864 g/mol. The molecule has 3 unspecified atom stereocenters. The van der Waals surface area contributed by atoms with Crippen molar-refractivity contribution < 1.29 is 32.9 Å². The van der Waals surface area contributed by atoms with Crippen LogP contribution in [0.25, 0.3) is 0 Å². The molecule has 0 aromatic carbocycles. The summed E-state index contributed by atoms with van der Waals surface area (Å²) in [4.78, 5) is 23.3. The Morgan fingerprint density at radius 1 is 0.515 bits per heavy atom. The van der Waals surface area contributed by atoms with Gasteiger partial charge in [-0.15, -0.1) is 0 Å². The molecule has 0 aliphatic heterocycles. The van der Waals surface area contributed by atoms with Crippen molar-refractivity contribution in [1.29, 1.82) is 0 Å². The Hall–Kier alpha value is -2.84. The predicted molar refractivity (Wildman–Crippen MR) is 295 cm³/mol. The number of amides is 1. The maximum absolute atomic E-state index is 13.0. The molecule has 0 rings (SSSR count). The van der Waals surface area contributed by atoms with Crippen LogP contribution in [-0.2, 0) is 18.4 Å². The Balaban J connectivity index is 4.30. The first-order valence-corrected chi connectivity index (χ1v) is 28.7. The number of unbranched alkanes of at least 4 members (excludes halogenated alkanes) is 17.